The van der Waals surface area contributed by atoms with Gasteiger partial charge in [0.2, 0.25) is 0 Å². The van der Waals surface area contributed by atoms with E-state index in [1.54, 1.807) is 18.2 Å². The minimum atomic E-state index is -3.66. The van der Waals surface area contributed by atoms with Crippen molar-refractivity contribution in [3.63, 3.8) is 0 Å². The van der Waals surface area contributed by atoms with Gasteiger partial charge in [0.05, 0.1) is 10.7 Å². The highest BCUT2D eigenvalue weighted by atomic mass is 79.9. The third-order valence-electron chi connectivity index (χ3n) is 2.21. The van der Waals surface area contributed by atoms with Crippen LogP contribution in [-0.2, 0) is 10.2 Å². The molecule has 1 aromatic carbocycles. The molecule has 102 valence electrons. The number of nitrogens with one attached hydrogen (secondary N) is 1. The Labute approximate surface area is 120 Å². The molecule has 0 unspecified atom stereocenters. The predicted molar refractivity (Wildman–Crippen MR) is 76.0 cm³/mol. The van der Waals surface area contributed by atoms with Crippen LogP contribution in [0.15, 0.2) is 22.7 Å². The minimum Gasteiger partial charge on any atom is -0.396 e. The molecule has 0 atom stereocenters. The molecule has 0 saturated heterocycles. The van der Waals surface area contributed by atoms with Crippen LogP contribution in [0.5, 0.6) is 0 Å². The first kappa shape index (κ1) is 15.7. The quantitative estimate of drug-likeness (QED) is 0.819. The lowest BCUT2D eigenvalue weighted by Gasteiger charge is -2.18. The van der Waals surface area contributed by atoms with Gasteiger partial charge in [0.15, 0.2) is 0 Å². The third-order valence-corrected chi connectivity index (χ3v) is 4.51. The second-order valence-electron chi connectivity index (χ2n) is 3.63. The average Bonchev–Trinajstić information content (AvgIpc) is 2.30. The number of aliphatic hydroxyl groups is 1. The van der Waals surface area contributed by atoms with Crippen LogP contribution in [0.3, 0.4) is 0 Å². The Morgan fingerprint density at radius 3 is 2.78 bits per heavy atom. The van der Waals surface area contributed by atoms with Crippen LogP contribution in [0.4, 0.5) is 5.69 Å². The van der Waals surface area contributed by atoms with Crippen LogP contribution in [-0.4, -0.2) is 38.0 Å². The zero-order valence-corrected chi connectivity index (χ0v) is 12.9. The van der Waals surface area contributed by atoms with E-state index in [2.05, 4.69) is 20.7 Å². The van der Waals surface area contributed by atoms with Crippen LogP contribution in [0.25, 0.3) is 0 Å². The third kappa shape index (κ3) is 4.40. The van der Waals surface area contributed by atoms with Crippen molar-refractivity contribution in [3.8, 4) is 0 Å². The lowest BCUT2D eigenvalue weighted by molar-refractivity contribution is 0.276. The van der Waals surface area contributed by atoms with Crippen molar-refractivity contribution in [1.82, 2.24) is 4.31 Å². The van der Waals surface area contributed by atoms with E-state index < -0.39 is 10.2 Å². The summed E-state index contributed by atoms with van der Waals surface area (Å²) in [4.78, 5) is 0. The largest absolute Gasteiger partial charge is 0.396 e. The summed E-state index contributed by atoms with van der Waals surface area (Å²) >= 11 is 9.15. The zero-order chi connectivity index (χ0) is 13.8. The van der Waals surface area contributed by atoms with Gasteiger partial charge in [-0.2, -0.15) is 12.7 Å². The smallest absolute Gasteiger partial charge is 0.301 e. The molecule has 0 spiro atoms. The number of hydrogen-bond acceptors (Lipinski definition) is 3. The van der Waals surface area contributed by atoms with Gasteiger partial charge in [-0.25, -0.2) is 0 Å². The Kier molecular flexibility index (Phi) is 5.87. The molecule has 0 fully saturated rings. The molecule has 0 aliphatic heterocycles. The molecule has 0 saturated carbocycles. The van der Waals surface area contributed by atoms with Crippen LogP contribution >= 0.6 is 27.5 Å². The Morgan fingerprint density at radius 2 is 2.17 bits per heavy atom. The van der Waals surface area contributed by atoms with E-state index in [9.17, 15) is 8.42 Å². The van der Waals surface area contributed by atoms with E-state index in [0.29, 0.717) is 17.1 Å². The van der Waals surface area contributed by atoms with Gasteiger partial charge in [0, 0.05) is 24.7 Å². The molecule has 0 aromatic heterocycles. The van der Waals surface area contributed by atoms with E-state index in [1.807, 2.05) is 0 Å². The monoisotopic (exact) mass is 356 g/mol. The molecular formula is C10H14BrClN2O3S. The maximum Gasteiger partial charge on any atom is 0.301 e. The van der Waals surface area contributed by atoms with Gasteiger partial charge in [-0.1, -0.05) is 27.5 Å². The zero-order valence-electron chi connectivity index (χ0n) is 9.73. The Morgan fingerprint density at radius 1 is 1.50 bits per heavy atom. The average molecular weight is 358 g/mol. The van der Waals surface area contributed by atoms with Gasteiger partial charge < -0.3 is 5.11 Å². The molecule has 0 aliphatic rings. The molecule has 0 aliphatic carbocycles. The van der Waals surface area contributed by atoms with Gasteiger partial charge >= 0.3 is 10.2 Å². The summed E-state index contributed by atoms with van der Waals surface area (Å²) in [6.07, 6.45) is 0.379. The Hall–Kier alpha value is -0.340. The summed E-state index contributed by atoms with van der Waals surface area (Å²) in [5, 5.41) is 9.00. The molecule has 0 heterocycles. The fourth-order valence-electron chi connectivity index (χ4n) is 1.21. The van der Waals surface area contributed by atoms with Crippen molar-refractivity contribution in [2.75, 3.05) is 24.9 Å². The summed E-state index contributed by atoms with van der Waals surface area (Å²) in [5.41, 5.74) is 0.307. The summed E-state index contributed by atoms with van der Waals surface area (Å²) in [6, 6.07) is 4.90. The van der Waals surface area contributed by atoms with Crippen molar-refractivity contribution in [3.05, 3.63) is 27.7 Å². The molecular weight excluding hydrogens is 344 g/mol. The van der Waals surface area contributed by atoms with E-state index in [4.69, 9.17) is 16.7 Å². The van der Waals surface area contributed by atoms with Crippen LogP contribution in [0.2, 0.25) is 5.02 Å². The first-order chi connectivity index (χ1) is 8.36. The summed E-state index contributed by atoms with van der Waals surface area (Å²) < 4.78 is 28.1. The topological polar surface area (TPSA) is 69.6 Å². The lowest BCUT2D eigenvalue weighted by Crippen LogP contribution is -2.33. The minimum absolute atomic E-state index is 0.0580. The fourth-order valence-corrected chi connectivity index (χ4v) is 2.76. The highest BCUT2D eigenvalue weighted by Crippen LogP contribution is 2.26. The van der Waals surface area contributed by atoms with Crippen molar-refractivity contribution in [1.29, 1.82) is 0 Å². The molecule has 5 nitrogen and oxygen atoms in total. The van der Waals surface area contributed by atoms with Gasteiger partial charge in [0.1, 0.15) is 0 Å². The maximum atomic E-state index is 11.9. The SMILES string of the molecule is CN(CCCO)S(=O)(=O)Nc1cc(Br)ccc1Cl. The maximum absolute atomic E-state index is 11.9. The molecule has 2 N–H and O–H groups in total. The van der Waals surface area contributed by atoms with E-state index in [0.717, 1.165) is 8.78 Å². The number of anilines is 1. The fraction of sp³-hybridized carbons (Fsp3) is 0.400. The molecule has 8 heteroatoms. The van der Waals surface area contributed by atoms with Crippen molar-refractivity contribution >= 4 is 43.4 Å². The van der Waals surface area contributed by atoms with E-state index >= 15 is 0 Å². The van der Waals surface area contributed by atoms with Gasteiger partial charge in [-0.05, 0) is 24.6 Å². The number of aliphatic hydroxyl groups excluding tert-OH is 1. The van der Waals surface area contributed by atoms with Crippen LogP contribution in [0.1, 0.15) is 6.42 Å². The summed E-state index contributed by atoms with van der Waals surface area (Å²) in [7, 11) is -2.22. The molecule has 1 aromatic rings. The number of nitrogens with zero attached hydrogens (tertiary/aromatic N) is 1. The normalized spacial score (nSPS) is 11.8. The summed E-state index contributed by atoms with van der Waals surface area (Å²) in [6.45, 7) is 0.176. The first-order valence-electron chi connectivity index (χ1n) is 5.17. The second-order valence-corrected chi connectivity index (χ2v) is 6.73. The number of halogens is 2. The predicted octanol–water partition coefficient (Wildman–Crippen LogP) is 2.07. The van der Waals surface area contributed by atoms with Gasteiger partial charge in [-0.15, -0.1) is 0 Å². The van der Waals surface area contributed by atoms with Crippen molar-refractivity contribution in [2.45, 2.75) is 6.42 Å². The molecule has 0 radical (unpaired) electrons. The summed E-state index contributed by atoms with van der Waals surface area (Å²) in [5.74, 6) is 0. The molecule has 0 amide bonds. The van der Waals surface area contributed by atoms with E-state index in [1.165, 1.54) is 7.05 Å². The van der Waals surface area contributed by atoms with Crippen LogP contribution in [0, 0.1) is 0 Å². The number of benzene rings is 1. The highest BCUT2D eigenvalue weighted by Gasteiger charge is 2.18. The lowest BCUT2D eigenvalue weighted by atomic mass is 10.3. The molecule has 1 rings (SSSR count). The Balaban J connectivity index is 2.85. The first-order valence-corrected chi connectivity index (χ1v) is 7.78. The number of hydrogen-bond donors (Lipinski definition) is 2. The number of rotatable bonds is 6. The van der Waals surface area contributed by atoms with Crippen LogP contribution < -0.4 is 4.72 Å². The molecule has 0 bridgehead atoms. The second kappa shape index (κ2) is 6.72. The van der Waals surface area contributed by atoms with Crippen molar-refractivity contribution < 1.29 is 13.5 Å². The van der Waals surface area contributed by atoms with Crippen molar-refractivity contribution in [2.24, 2.45) is 0 Å². The standard InChI is InChI=1S/C10H14BrClN2O3S/c1-14(5-2-6-15)18(16,17)13-10-7-8(11)3-4-9(10)12/h3-4,7,13,15H,2,5-6H2,1H3. The van der Waals surface area contributed by atoms with Gasteiger partial charge in [0.25, 0.3) is 0 Å². The van der Waals surface area contributed by atoms with E-state index in [-0.39, 0.29) is 13.2 Å². The highest BCUT2D eigenvalue weighted by molar-refractivity contribution is 9.10. The Bertz CT molecular complexity index is 510. The molecule has 18 heavy (non-hydrogen) atoms. The van der Waals surface area contributed by atoms with Gasteiger partial charge in [-0.3, -0.25) is 4.72 Å².